The average Bonchev–Trinajstić information content (AvgIpc) is 2.50. The van der Waals surface area contributed by atoms with Crippen molar-refractivity contribution in [2.45, 2.75) is 0 Å². The van der Waals surface area contributed by atoms with Crippen molar-refractivity contribution in [3.05, 3.63) is 61.2 Å². The molecule has 0 amide bonds. The molecule has 0 fully saturated rings. The van der Waals surface area contributed by atoms with Crippen LogP contribution < -0.4 is 11.1 Å². The number of aromatic amines is 1. The largest absolute Gasteiger partial charge is 0.503 e. The molecular formula is C14H11N3O7. The molecule has 0 atom stereocenters. The maximum Gasteiger partial charge on any atom is 0.503 e. The smallest absolute Gasteiger partial charge is 0.450 e. The van der Waals surface area contributed by atoms with E-state index in [1.54, 1.807) is 24.3 Å². The molecular weight excluding hydrogens is 322 g/mol. The second-order valence-corrected chi connectivity index (χ2v) is 4.70. The van der Waals surface area contributed by atoms with Crippen molar-refractivity contribution in [1.82, 2.24) is 9.55 Å². The molecule has 0 unspecified atom stereocenters. The Morgan fingerprint density at radius 2 is 1.75 bits per heavy atom. The molecule has 124 valence electrons. The third-order valence-electron chi connectivity index (χ3n) is 3.27. The van der Waals surface area contributed by atoms with E-state index in [1.807, 2.05) is 0 Å². The zero-order chi connectivity index (χ0) is 18.0. The van der Waals surface area contributed by atoms with Gasteiger partial charge in [-0.25, -0.2) is 4.79 Å². The minimum atomic E-state index is -1.83. The van der Waals surface area contributed by atoms with Crippen molar-refractivity contribution in [2.24, 2.45) is 7.05 Å². The summed E-state index contributed by atoms with van der Waals surface area (Å²) in [7, 11) is 1.47. The summed E-state index contributed by atoms with van der Waals surface area (Å²) in [5.41, 5.74) is -0.873. The van der Waals surface area contributed by atoms with Crippen molar-refractivity contribution < 1.29 is 19.9 Å². The Morgan fingerprint density at radius 3 is 2.29 bits per heavy atom. The van der Waals surface area contributed by atoms with E-state index in [-0.39, 0.29) is 11.2 Å². The summed E-state index contributed by atoms with van der Waals surface area (Å²) >= 11 is 0. The van der Waals surface area contributed by atoms with Crippen LogP contribution in [0.15, 0.2) is 39.9 Å². The van der Waals surface area contributed by atoms with E-state index in [0.717, 1.165) is 0 Å². The minimum absolute atomic E-state index is 0.109. The summed E-state index contributed by atoms with van der Waals surface area (Å²) < 4.78 is 1.21. The summed E-state index contributed by atoms with van der Waals surface area (Å²) in [6.45, 7) is 0. The summed E-state index contributed by atoms with van der Waals surface area (Å²) in [5.74, 6) is 0. The second kappa shape index (κ2) is 6.20. The van der Waals surface area contributed by atoms with E-state index >= 15 is 0 Å². The number of aromatic nitrogens is 2. The molecule has 0 spiro atoms. The van der Waals surface area contributed by atoms with Gasteiger partial charge in [0.25, 0.3) is 5.69 Å². The molecule has 1 aromatic heterocycles. The fourth-order valence-electron chi connectivity index (χ4n) is 2.38. The van der Waals surface area contributed by atoms with Gasteiger partial charge in [0.15, 0.2) is 0 Å². The molecule has 0 saturated carbocycles. The van der Waals surface area contributed by atoms with E-state index in [9.17, 15) is 19.7 Å². The highest BCUT2D eigenvalue weighted by Crippen LogP contribution is 2.30. The van der Waals surface area contributed by atoms with Gasteiger partial charge in [-0.1, -0.05) is 18.2 Å². The molecule has 0 saturated heterocycles. The third-order valence-corrected chi connectivity index (χ3v) is 3.27. The van der Waals surface area contributed by atoms with Gasteiger partial charge in [-0.05, 0) is 6.07 Å². The SMILES string of the molecule is Cn1c(=O)c(=O)[nH]c2cc([N+](=O)[O-])c3ccccc3c21.O=C(O)O. The van der Waals surface area contributed by atoms with Gasteiger partial charge in [0, 0.05) is 18.5 Å². The summed E-state index contributed by atoms with van der Waals surface area (Å²) in [6.07, 6.45) is -1.83. The van der Waals surface area contributed by atoms with Gasteiger partial charge in [0.2, 0.25) is 0 Å². The number of nitrogens with one attached hydrogen (secondary N) is 1. The second-order valence-electron chi connectivity index (χ2n) is 4.70. The third kappa shape index (κ3) is 2.92. The van der Waals surface area contributed by atoms with Crippen LogP contribution in [-0.4, -0.2) is 30.8 Å². The van der Waals surface area contributed by atoms with Crippen LogP contribution in [0.1, 0.15) is 0 Å². The Morgan fingerprint density at radius 1 is 1.21 bits per heavy atom. The molecule has 0 bridgehead atoms. The lowest BCUT2D eigenvalue weighted by atomic mass is 10.1. The molecule has 0 aliphatic heterocycles. The van der Waals surface area contributed by atoms with Gasteiger partial charge < -0.3 is 19.8 Å². The number of nitrogens with zero attached hydrogens (tertiary/aromatic N) is 2. The van der Waals surface area contributed by atoms with Crippen LogP contribution in [0.3, 0.4) is 0 Å². The number of carboxylic acid groups (broad SMARTS) is 2. The van der Waals surface area contributed by atoms with Crippen LogP contribution in [-0.2, 0) is 7.05 Å². The number of aryl methyl sites for hydroxylation is 1. The Kier molecular flexibility index (Phi) is 4.31. The maximum atomic E-state index is 11.7. The summed E-state index contributed by atoms with van der Waals surface area (Å²) in [6, 6.07) is 7.98. The molecule has 3 N–H and O–H groups in total. The van der Waals surface area contributed by atoms with Crippen LogP contribution in [0.25, 0.3) is 21.8 Å². The Bertz CT molecular complexity index is 1080. The molecule has 10 nitrogen and oxygen atoms in total. The predicted molar refractivity (Wildman–Crippen MR) is 84.6 cm³/mol. The van der Waals surface area contributed by atoms with Gasteiger partial charge in [0.1, 0.15) is 0 Å². The van der Waals surface area contributed by atoms with Crippen LogP contribution in [0.2, 0.25) is 0 Å². The standard InChI is InChI=1S/C13H9N3O4.CH2O3/c1-15-11-8-5-3-2-4-7(8)10(16(19)20)6-9(11)14-12(17)13(15)18;2-1(3)4/h2-6H,1H3,(H,14,17);(H2,2,3,4). The molecule has 3 rings (SSSR count). The normalized spacial score (nSPS) is 10.2. The van der Waals surface area contributed by atoms with Crippen molar-refractivity contribution >= 4 is 33.6 Å². The lowest BCUT2D eigenvalue weighted by molar-refractivity contribution is -0.382. The van der Waals surface area contributed by atoms with Gasteiger partial charge in [-0.2, -0.15) is 0 Å². The Labute approximate surface area is 132 Å². The number of nitro groups is 1. The topological polar surface area (TPSA) is 156 Å². The highest BCUT2D eigenvalue weighted by atomic mass is 16.6. The highest BCUT2D eigenvalue weighted by molar-refractivity contribution is 6.08. The summed E-state index contributed by atoms with van der Waals surface area (Å²) in [5, 5.41) is 26.1. The first-order chi connectivity index (χ1) is 11.2. The quantitative estimate of drug-likeness (QED) is 0.264. The first-order valence-corrected chi connectivity index (χ1v) is 6.45. The van der Waals surface area contributed by atoms with Gasteiger partial charge in [0.05, 0.1) is 21.3 Å². The average molecular weight is 333 g/mol. The molecule has 10 heteroatoms. The molecule has 0 radical (unpaired) electrons. The van der Waals surface area contributed by atoms with E-state index in [1.165, 1.54) is 17.7 Å². The molecule has 0 aliphatic rings. The highest BCUT2D eigenvalue weighted by Gasteiger charge is 2.17. The monoisotopic (exact) mass is 333 g/mol. The fraction of sp³-hybridized carbons (Fsp3) is 0.0714. The van der Waals surface area contributed by atoms with Crippen molar-refractivity contribution in [2.75, 3.05) is 0 Å². The van der Waals surface area contributed by atoms with E-state index < -0.39 is 22.2 Å². The Balaban J connectivity index is 0.000000471. The number of non-ortho nitro benzene ring substituents is 1. The first-order valence-electron chi connectivity index (χ1n) is 6.45. The molecule has 0 aliphatic carbocycles. The molecule has 24 heavy (non-hydrogen) atoms. The fourth-order valence-corrected chi connectivity index (χ4v) is 2.38. The van der Waals surface area contributed by atoms with Crippen molar-refractivity contribution in [3.63, 3.8) is 0 Å². The number of H-pyrrole nitrogens is 1. The first kappa shape index (κ1) is 16.7. The lowest BCUT2D eigenvalue weighted by Gasteiger charge is -2.08. The van der Waals surface area contributed by atoms with Crippen LogP contribution in [0, 0.1) is 10.1 Å². The molecule has 2 aromatic carbocycles. The molecule has 3 aromatic rings. The zero-order valence-corrected chi connectivity index (χ0v) is 12.2. The Hall–Kier alpha value is -3.69. The van der Waals surface area contributed by atoms with E-state index in [0.29, 0.717) is 16.3 Å². The van der Waals surface area contributed by atoms with Crippen LogP contribution >= 0.6 is 0 Å². The number of carbonyl (C=O) groups is 1. The number of benzene rings is 2. The predicted octanol–water partition coefficient (Wildman–Crippen LogP) is 1.51. The van der Waals surface area contributed by atoms with Crippen molar-refractivity contribution in [3.8, 4) is 0 Å². The number of hydrogen-bond donors (Lipinski definition) is 3. The summed E-state index contributed by atoms with van der Waals surface area (Å²) in [4.78, 5) is 44.8. The lowest BCUT2D eigenvalue weighted by Crippen LogP contribution is -2.34. The number of nitro benzene ring substituents is 1. The van der Waals surface area contributed by atoms with Crippen LogP contribution in [0.5, 0.6) is 0 Å². The van der Waals surface area contributed by atoms with E-state index in [4.69, 9.17) is 15.0 Å². The van der Waals surface area contributed by atoms with Crippen molar-refractivity contribution in [1.29, 1.82) is 0 Å². The minimum Gasteiger partial charge on any atom is -0.450 e. The van der Waals surface area contributed by atoms with Gasteiger partial charge in [-0.3, -0.25) is 19.7 Å². The number of hydrogen-bond acceptors (Lipinski definition) is 5. The number of fused-ring (bicyclic) bond motifs is 3. The number of rotatable bonds is 1. The van der Waals surface area contributed by atoms with Gasteiger partial charge in [-0.15, -0.1) is 0 Å². The van der Waals surface area contributed by atoms with E-state index in [2.05, 4.69) is 4.98 Å². The molecule has 1 heterocycles. The zero-order valence-electron chi connectivity index (χ0n) is 12.2. The van der Waals surface area contributed by atoms with Gasteiger partial charge >= 0.3 is 17.3 Å². The van der Waals surface area contributed by atoms with Crippen LogP contribution in [0.4, 0.5) is 10.5 Å². The maximum absolute atomic E-state index is 11.7.